The normalized spacial score (nSPS) is 19.5. The number of alkyl halides is 3. The van der Waals surface area contributed by atoms with Gasteiger partial charge >= 0.3 is 12.2 Å². The minimum absolute atomic E-state index is 0.0493. The number of nitrogens with one attached hydrogen (secondary N) is 4. The molecule has 2 aliphatic carbocycles. The molecule has 2 saturated carbocycles. The highest BCUT2D eigenvalue weighted by Crippen LogP contribution is 2.34. The molecule has 11 nitrogen and oxygen atoms in total. The van der Waals surface area contributed by atoms with E-state index in [2.05, 4.69) is 36.1 Å². The second-order valence-corrected chi connectivity index (χ2v) is 13.8. The van der Waals surface area contributed by atoms with Crippen LogP contribution in [-0.2, 0) is 16.0 Å². The van der Waals surface area contributed by atoms with Crippen LogP contribution in [0.25, 0.3) is 0 Å². The molecule has 2 amide bonds. The number of hydrogen-bond donors (Lipinski definition) is 4. The second kappa shape index (κ2) is 13.4. The number of rotatable bonds is 10. The number of benzene rings is 1. The first-order valence-corrected chi connectivity index (χ1v) is 16.8. The zero-order chi connectivity index (χ0) is 31.3. The molecule has 2 aliphatic rings. The number of aromatic nitrogens is 4. The SMILES string of the molecule is CS(=O)(=O)CCN(c1nccc(Nc2cc(C3CCCC3)[nH]n2)n1)C1CCC(NC(=O)Nc2cccc(C(F)(F)F)c2)CC1. The molecular weight excluding hydrogens is 597 g/mol. The van der Waals surface area contributed by atoms with Gasteiger partial charge in [-0.3, -0.25) is 5.10 Å². The number of anilines is 4. The summed E-state index contributed by atoms with van der Waals surface area (Å²) in [4.78, 5) is 23.6. The van der Waals surface area contributed by atoms with Crippen molar-refractivity contribution < 1.29 is 26.4 Å². The molecule has 2 heterocycles. The van der Waals surface area contributed by atoms with Gasteiger partial charge in [-0.05, 0) is 62.8 Å². The third kappa shape index (κ3) is 8.61. The summed E-state index contributed by atoms with van der Waals surface area (Å²) in [7, 11) is -3.26. The van der Waals surface area contributed by atoms with Crippen molar-refractivity contribution in [1.29, 1.82) is 0 Å². The Morgan fingerprint density at radius 3 is 2.50 bits per heavy atom. The van der Waals surface area contributed by atoms with E-state index in [1.807, 2.05) is 11.0 Å². The average Bonchev–Trinajstić information content (AvgIpc) is 3.66. The van der Waals surface area contributed by atoms with Crippen LogP contribution in [0.5, 0.6) is 0 Å². The fraction of sp³-hybridized carbons (Fsp3) is 0.517. The molecule has 4 N–H and O–H groups in total. The van der Waals surface area contributed by atoms with E-state index in [9.17, 15) is 26.4 Å². The van der Waals surface area contributed by atoms with Crippen LogP contribution in [0.15, 0.2) is 42.6 Å². The summed E-state index contributed by atoms with van der Waals surface area (Å²) in [5.74, 6) is 1.99. The van der Waals surface area contributed by atoms with Crippen LogP contribution < -0.4 is 20.9 Å². The Labute approximate surface area is 254 Å². The third-order valence-electron chi connectivity index (χ3n) is 8.17. The van der Waals surface area contributed by atoms with Gasteiger partial charge in [0.2, 0.25) is 5.95 Å². The Bertz CT molecular complexity index is 1530. The van der Waals surface area contributed by atoms with Crippen LogP contribution >= 0.6 is 0 Å². The summed E-state index contributed by atoms with van der Waals surface area (Å²) >= 11 is 0. The van der Waals surface area contributed by atoms with Crippen molar-refractivity contribution >= 4 is 39.1 Å². The van der Waals surface area contributed by atoms with Gasteiger partial charge in [-0.25, -0.2) is 18.2 Å². The molecular formula is C29H37F3N8O3S. The molecule has 0 saturated heterocycles. The van der Waals surface area contributed by atoms with E-state index < -0.39 is 27.6 Å². The lowest BCUT2D eigenvalue weighted by Gasteiger charge is -2.37. The van der Waals surface area contributed by atoms with Crippen molar-refractivity contribution in [3.63, 3.8) is 0 Å². The topological polar surface area (TPSA) is 145 Å². The highest BCUT2D eigenvalue weighted by atomic mass is 32.2. The van der Waals surface area contributed by atoms with E-state index >= 15 is 0 Å². The number of halogens is 3. The van der Waals surface area contributed by atoms with Crippen molar-refractivity contribution in [3.8, 4) is 0 Å². The van der Waals surface area contributed by atoms with Crippen LogP contribution in [-0.4, -0.2) is 65.3 Å². The lowest BCUT2D eigenvalue weighted by atomic mass is 9.90. The van der Waals surface area contributed by atoms with Gasteiger partial charge in [0, 0.05) is 54.4 Å². The van der Waals surface area contributed by atoms with Gasteiger partial charge in [0.15, 0.2) is 5.82 Å². The predicted molar refractivity (Wildman–Crippen MR) is 162 cm³/mol. The van der Waals surface area contributed by atoms with Gasteiger partial charge in [-0.1, -0.05) is 18.9 Å². The number of aromatic amines is 1. The molecule has 0 aliphatic heterocycles. The third-order valence-corrected chi connectivity index (χ3v) is 9.10. The average molecular weight is 635 g/mol. The summed E-state index contributed by atoms with van der Waals surface area (Å²) in [6.45, 7) is 0.204. The Hall–Kier alpha value is -3.88. The van der Waals surface area contributed by atoms with Gasteiger partial charge in [0.05, 0.1) is 11.3 Å². The van der Waals surface area contributed by atoms with Gasteiger partial charge in [0.1, 0.15) is 15.7 Å². The Kier molecular flexibility index (Phi) is 9.61. The number of H-pyrrole nitrogens is 1. The number of urea groups is 1. The molecule has 0 unspecified atom stereocenters. The number of sulfone groups is 1. The van der Waals surface area contributed by atoms with Crippen molar-refractivity contribution in [1.82, 2.24) is 25.5 Å². The van der Waals surface area contributed by atoms with Crippen LogP contribution in [0.3, 0.4) is 0 Å². The summed E-state index contributed by atoms with van der Waals surface area (Å²) in [5, 5.41) is 16.1. The lowest BCUT2D eigenvalue weighted by molar-refractivity contribution is -0.137. The number of carbonyl (C=O) groups excluding carboxylic acids is 1. The van der Waals surface area contributed by atoms with Crippen molar-refractivity contribution in [2.45, 2.75) is 75.5 Å². The molecule has 1 aromatic carbocycles. The summed E-state index contributed by atoms with van der Waals surface area (Å²) in [6, 6.07) is 7.34. The second-order valence-electron chi connectivity index (χ2n) is 11.6. The molecule has 2 aromatic heterocycles. The van der Waals surface area contributed by atoms with E-state index in [0.717, 1.165) is 30.7 Å². The molecule has 0 radical (unpaired) electrons. The van der Waals surface area contributed by atoms with Crippen LogP contribution in [0.2, 0.25) is 0 Å². The molecule has 0 atom stereocenters. The molecule has 0 spiro atoms. The van der Waals surface area contributed by atoms with Gasteiger partial charge in [-0.15, -0.1) is 0 Å². The van der Waals surface area contributed by atoms with Crippen LogP contribution in [0.4, 0.5) is 41.2 Å². The van der Waals surface area contributed by atoms with E-state index in [1.54, 1.807) is 12.3 Å². The van der Waals surface area contributed by atoms with E-state index in [-0.39, 0.29) is 30.1 Å². The highest BCUT2D eigenvalue weighted by Gasteiger charge is 2.31. The molecule has 238 valence electrons. The number of carbonyl (C=O) groups is 1. The van der Waals surface area contributed by atoms with Gasteiger partial charge < -0.3 is 20.9 Å². The minimum Gasteiger partial charge on any atom is -0.337 e. The van der Waals surface area contributed by atoms with Crippen molar-refractivity contribution in [3.05, 3.63) is 53.9 Å². The summed E-state index contributed by atoms with van der Waals surface area (Å²) in [6.07, 6.45) is 5.46. The fourth-order valence-electron chi connectivity index (χ4n) is 5.90. The van der Waals surface area contributed by atoms with Crippen LogP contribution in [0.1, 0.15) is 68.5 Å². The maximum atomic E-state index is 13.0. The summed E-state index contributed by atoms with van der Waals surface area (Å²) in [5.41, 5.74) is 0.306. The molecule has 0 bridgehead atoms. The molecule has 2 fully saturated rings. The minimum atomic E-state index is -4.51. The van der Waals surface area contributed by atoms with Crippen molar-refractivity contribution in [2.24, 2.45) is 0 Å². The largest absolute Gasteiger partial charge is 0.416 e. The van der Waals surface area contributed by atoms with Gasteiger partial charge in [0.25, 0.3) is 0 Å². The maximum Gasteiger partial charge on any atom is 0.416 e. The Balaban J connectivity index is 1.21. The fourth-order valence-corrected chi connectivity index (χ4v) is 6.43. The first-order valence-electron chi connectivity index (χ1n) is 14.8. The number of hydrogen-bond acceptors (Lipinski definition) is 8. The van der Waals surface area contributed by atoms with E-state index in [4.69, 9.17) is 0 Å². The van der Waals surface area contributed by atoms with E-state index in [0.29, 0.717) is 49.2 Å². The summed E-state index contributed by atoms with van der Waals surface area (Å²) < 4.78 is 63.2. The first kappa shape index (κ1) is 31.5. The zero-order valence-electron chi connectivity index (χ0n) is 24.4. The molecule has 44 heavy (non-hydrogen) atoms. The smallest absolute Gasteiger partial charge is 0.337 e. The van der Waals surface area contributed by atoms with Crippen molar-refractivity contribution in [2.75, 3.05) is 34.1 Å². The zero-order valence-corrected chi connectivity index (χ0v) is 25.2. The Morgan fingerprint density at radius 2 is 1.80 bits per heavy atom. The van der Waals surface area contributed by atoms with E-state index in [1.165, 1.54) is 31.2 Å². The highest BCUT2D eigenvalue weighted by molar-refractivity contribution is 7.90. The number of nitrogens with zero attached hydrogens (tertiary/aromatic N) is 4. The maximum absolute atomic E-state index is 13.0. The predicted octanol–water partition coefficient (Wildman–Crippen LogP) is 5.60. The molecule has 5 rings (SSSR count). The monoisotopic (exact) mass is 634 g/mol. The quantitative estimate of drug-likeness (QED) is 0.226. The standard InChI is InChI=1S/C29H37F3N8O3S/c1-44(42,43)16-15-40(27-33-14-13-25(37-27)36-26-18-24(38-39-26)19-5-2-3-6-19)23-11-9-21(10-12-23)34-28(41)35-22-8-4-7-20(17-22)29(30,31)32/h4,7-8,13-14,17-19,21,23H,2-3,5-6,9-12,15-16H2,1H3,(H2,34,35,41)(H2,33,36,37,38,39). The first-order chi connectivity index (χ1) is 20.9. The van der Waals surface area contributed by atoms with Gasteiger partial charge in [-0.2, -0.15) is 23.3 Å². The Morgan fingerprint density at radius 1 is 1.05 bits per heavy atom. The van der Waals surface area contributed by atoms with Crippen LogP contribution in [0, 0.1) is 0 Å². The molecule has 15 heteroatoms. The lowest BCUT2D eigenvalue weighted by Crippen LogP contribution is -2.46. The molecule has 3 aromatic rings. The number of amides is 2.